The molecule has 0 spiro atoms. The molecule has 0 aliphatic carbocycles. The molecule has 1 saturated heterocycles. The van der Waals surface area contributed by atoms with E-state index in [0.29, 0.717) is 18.6 Å². The van der Waals surface area contributed by atoms with Crippen molar-refractivity contribution >= 4 is 32.0 Å². The molecule has 3 heterocycles. The second-order valence-corrected chi connectivity index (χ2v) is 10.1. The predicted octanol–water partition coefficient (Wildman–Crippen LogP) is 2.85. The summed E-state index contributed by atoms with van der Waals surface area (Å²) in [5, 5.41) is 2.38. The van der Waals surface area contributed by atoms with Crippen LogP contribution < -0.4 is 0 Å². The highest BCUT2D eigenvalue weighted by atomic mass is 32.2. The van der Waals surface area contributed by atoms with Gasteiger partial charge in [-0.3, -0.25) is 14.1 Å². The molecule has 0 unspecified atom stereocenters. The first kappa shape index (κ1) is 20.7. The van der Waals surface area contributed by atoms with E-state index in [1.54, 1.807) is 29.3 Å². The summed E-state index contributed by atoms with van der Waals surface area (Å²) in [5.41, 5.74) is 1.98. The van der Waals surface area contributed by atoms with Crippen molar-refractivity contribution in [3.05, 3.63) is 78.1 Å². The average Bonchev–Trinajstić information content (AvgIpc) is 3.20. The molecule has 1 aliphatic rings. The number of carbonyl (C=O) groups excluding carboxylic acids is 1. The first-order valence-corrected chi connectivity index (χ1v) is 12.5. The minimum Gasteiger partial charge on any atom is -0.335 e. The summed E-state index contributed by atoms with van der Waals surface area (Å²) < 4.78 is 25.8. The van der Waals surface area contributed by atoms with Gasteiger partial charge in [0.1, 0.15) is 0 Å². The smallest absolute Gasteiger partial charge is 0.274 e. The summed E-state index contributed by atoms with van der Waals surface area (Å²) in [4.78, 5) is 21.6. The van der Waals surface area contributed by atoms with Gasteiger partial charge in [0.25, 0.3) is 5.91 Å². The van der Waals surface area contributed by atoms with Gasteiger partial charge in [0.2, 0.25) is 15.0 Å². The molecule has 8 heteroatoms. The van der Waals surface area contributed by atoms with Crippen molar-refractivity contribution in [2.45, 2.75) is 11.7 Å². The number of imidazole rings is 1. The third-order valence-electron chi connectivity index (χ3n) is 5.98. The molecule has 1 aliphatic heterocycles. The molecule has 164 valence electrons. The van der Waals surface area contributed by atoms with E-state index in [-0.39, 0.29) is 16.8 Å². The zero-order valence-corrected chi connectivity index (χ0v) is 18.6. The van der Waals surface area contributed by atoms with Crippen LogP contribution in [0.1, 0.15) is 16.1 Å². The van der Waals surface area contributed by atoms with Crippen LogP contribution >= 0.6 is 0 Å². The fourth-order valence-corrected chi connectivity index (χ4v) is 5.13. The van der Waals surface area contributed by atoms with Crippen LogP contribution in [0, 0.1) is 0 Å². The molecular weight excluding hydrogens is 424 g/mol. The van der Waals surface area contributed by atoms with Crippen LogP contribution in [0.15, 0.2) is 72.0 Å². The molecule has 0 saturated carbocycles. The standard InChI is InChI=1S/C24H24N4O3S/c1-32(30,31)24-25-22(21-11-4-5-12-28(21)24)23(29)27-15-13-26(14-16-27)17-19-9-6-8-18-7-2-3-10-20(18)19/h2-12H,13-17H2,1H3. The van der Waals surface area contributed by atoms with Crippen molar-refractivity contribution in [2.24, 2.45) is 0 Å². The van der Waals surface area contributed by atoms with Crippen LogP contribution in [0.2, 0.25) is 0 Å². The van der Waals surface area contributed by atoms with E-state index in [9.17, 15) is 13.2 Å². The lowest BCUT2D eigenvalue weighted by molar-refractivity contribution is 0.0625. The van der Waals surface area contributed by atoms with E-state index < -0.39 is 9.84 Å². The van der Waals surface area contributed by atoms with Crippen LogP contribution in [0.3, 0.4) is 0 Å². The molecule has 0 radical (unpaired) electrons. The Labute approximate surface area is 186 Å². The SMILES string of the molecule is CS(=O)(=O)c1nc(C(=O)N2CCN(Cc3cccc4ccccc34)CC2)c2ccccn12. The van der Waals surface area contributed by atoms with Gasteiger partial charge in [-0.25, -0.2) is 13.4 Å². The van der Waals surface area contributed by atoms with Crippen molar-refractivity contribution in [3.63, 3.8) is 0 Å². The molecule has 0 bridgehead atoms. The number of benzene rings is 2. The summed E-state index contributed by atoms with van der Waals surface area (Å²) in [6.45, 7) is 3.47. The Hall–Kier alpha value is -3.23. The number of nitrogens with zero attached hydrogens (tertiary/aromatic N) is 4. The number of sulfone groups is 1. The highest BCUT2D eigenvalue weighted by molar-refractivity contribution is 7.90. The maximum Gasteiger partial charge on any atom is 0.274 e. The molecule has 2 aromatic heterocycles. The number of amides is 1. The molecule has 5 rings (SSSR count). The maximum atomic E-state index is 13.2. The third kappa shape index (κ3) is 3.76. The number of piperazine rings is 1. The number of hydrogen-bond donors (Lipinski definition) is 0. The molecule has 4 aromatic rings. The summed E-state index contributed by atoms with van der Waals surface area (Å²) in [7, 11) is -3.56. The van der Waals surface area contributed by atoms with Gasteiger partial charge in [-0.2, -0.15) is 0 Å². The Balaban J connectivity index is 1.33. The molecule has 1 amide bonds. The number of rotatable bonds is 4. The highest BCUT2D eigenvalue weighted by Crippen LogP contribution is 2.22. The molecule has 0 N–H and O–H groups in total. The Kier molecular flexibility index (Phi) is 5.19. The second-order valence-electron chi connectivity index (χ2n) is 8.18. The summed E-state index contributed by atoms with van der Waals surface area (Å²) >= 11 is 0. The predicted molar refractivity (Wildman–Crippen MR) is 123 cm³/mol. The minimum atomic E-state index is -3.56. The number of aromatic nitrogens is 2. The zero-order chi connectivity index (χ0) is 22.3. The lowest BCUT2D eigenvalue weighted by atomic mass is 10.0. The van der Waals surface area contributed by atoms with Crippen LogP contribution in [-0.4, -0.2) is 65.9 Å². The largest absolute Gasteiger partial charge is 0.335 e. The molecule has 7 nitrogen and oxygen atoms in total. The van der Waals surface area contributed by atoms with Gasteiger partial charge in [-0.1, -0.05) is 48.5 Å². The van der Waals surface area contributed by atoms with E-state index in [2.05, 4.69) is 46.3 Å². The quantitative estimate of drug-likeness (QED) is 0.480. The first-order valence-electron chi connectivity index (χ1n) is 10.6. The summed E-state index contributed by atoms with van der Waals surface area (Å²) in [6.07, 6.45) is 2.73. The number of pyridine rings is 1. The minimum absolute atomic E-state index is 0.106. The van der Waals surface area contributed by atoms with E-state index in [1.807, 2.05) is 6.07 Å². The average molecular weight is 449 g/mol. The lowest BCUT2D eigenvalue weighted by Crippen LogP contribution is -2.48. The van der Waals surface area contributed by atoms with Gasteiger partial charge < -0.3 is 4.90 Å². The van der Waals surface area contributed by atoms with E-state index in [1.165, 1.54) is 20.7 Å². The topological polar surface area (TPSA) is 75.0 Å². The van der Waals surface area contributed by atoms with Crippen molar-refractivity contribution < 1.29 is 13.2 Å². The Bertz CT molecular complexity index is 1410. The van der Waals surface area contributed by atoms with Gasteiger partial charge in [0.05, 0.1) is 5.52 Å². The Morgan fingerprint density at radius 3 is 2.44 bits per heavy atom. The molecule has 2 aromatic carbocycles. The molecular formula is C24H24N4O3S. The van der Waals surface area contributed by atoms with Crippen molar-refractivity contribution in [1.29, 1.82) is 0 Å². The van der Waals surface area contributed by atoms with E-state index >= 15 is 0 Å². The van der Waals surface area contributed by atoms with Crippen LogP contribution in [0.25, 0.3) is 16.3 Å². The van der Waals surface area contributed by atoms with E-state index in [4.69, 9.17) is 0 Å². The summed E-state index contributed by atoms with van der Waals surface area (Å²) in [5.74, 6) is -0.228. The van der Waals surface area contributed by atoms with Gasteiger partial charge >= 0.3 is 0 Å². The third-order valence-corrected chi connectivity index (χ3v) is 6.93. The Morgan fingerprint density at radius 2 is 1.66 bits per heavy atom. The molecule has 0 atom stereocenters. The van der Waals surface area contributed by atoms with Crippen molar-refractivity contribution in [3.8, 4) is 0 Å². The second kappa shape index (κ2) is 8.03. The fourth-order valence-electron chi connectivity index (χ4n) is 4.36. The highest BCUT2D eigenvalue weighted by Gasteiger charge is 2.28. The number of carbonyl (C=O) groups is 1. The normalized spacial score (nSPS) is 15.5. The van der Waals surface area contributed by atoms with Gasteiger partial charge in [0.15, 0.2) is 5.69 Å². The molecule has 32 heavy (non-hydrogen) atoms. The lowest BCUT2D eigenvalue weighted by Gasteiger charge is -2.34. The van der Waals surface area contributed by atoms with Gasteiger partial charge in [0, 0.05) is 45.2 Å². The Morgan fingerprint density at radius 1 is 0.938 bits per heavy atom. The number of hydrogen-bond acceptors (Lipinski definition) is 5. The van der Waals surface area contributed by atoms with Crippen molar-refractivity contribution in [2.75, 3.05) is 32.4 Å². The number of fused-ring (bicyclic) bond motifs is 2. The van der Waals surface area contributed by atoms with E-state index in [0.717, 1.165) is 25.9 Å². The van der Waals surface area contributed by atoms with Crippen molar-refractivity contribution in [1.82, 2.24) is 19.2 Å². The van der Waals surface area contributed by atoms with Crippen LogP contribution in [0.4, 0.5) is 0 Å². The fraction of sp³-hybridized carbons (Fsp3) is 0.250. The summed E-state index contributed by atoms with van der Waals surface area (Å²) in [6, 6.07) is 20.0. The zero-order valence-electron chi connectivity index (χ0n) is 17.8. The van der Waals surface area contributed by atoms with Crippen LogP contribution in [-0.2, 0) is 16.4 Å². The first-order chi connectivity index (χ1) is 15.4. The van der Waals surface area contributed by atoms with Gasteiger partial charge in [-0.15, -0.1) is 0 Å². The van der Waals surface area contributed by atoms with Crippen LogP contribution in [0.5, 0.6) is 0 Å². The molecule has 1 fully saturated rings. The monoisotopic (exact) mass is 448 g/mol. The van der Waals surface area contributed by atoms with Gasteiger partial charge in [-0.05, 0) is 28.5 Å². The maximum absolute atomic E-state index is 13.2.